The highest BCUT2D eigenvalue weighted by Gasteiger charge is 2.19. The number of hydrogen-bond donors (Lipinski definition) is 0. The monoisotopic (exact) mass is 274 g/mol. The molecule has 0 bridgehead atoms. The largest absolute Gasteiger partial charge is 0.492 e. The maximum absolute atomic E-state index is 6.10. The predicted octanol–water partition coefficient (Wildman–Crippen LogP) is 3.86. The molecule has 2 aromatic rings. The first-order valence-electron chi connectivity index (χ1n) is 6.44. The number of rotatable bonds is 2. The van der Waals surface area contributed by atoms with Gasteiger partial charge in [-0.05, 0) is 11.6 Å². The molecule has 3 rings (SSSR count). The van der Waals surface area contributed by atoms with Gasteiger partial charge in [0.05, 0.1) is 12.3 Å². The van der Waals surface area contributed by atoms with Crippen molar-refractivity contribution in [1.82, 2.24) is 9.97 Å². The van der Waals surface area contributed by atoms with E-state index >= 15 is 0 Å². The molecule has 0 unspecified atom stereocenters. The molecule has 19 heavy (non-hydrogen) atoms. The zero-order valence-electron chi connectivity index (χ0n) is 11.0. The Morgan fingerprint density at radius 1 is 1.26 bits per heavy atom. The number of fused-ring (bicyclic) bond motifs is 1. The molecular weight excluding hydrogens is 260 g/mol. The van der Waals surface area contributed by atoms with Crippen LogP contribution in [0.15, 0.2) is 24.3 Å². The van der Waals surface area contributed by atoms with E-state index in [9.17, 15) is 0 Å². The number of aromatic nitrogens is 2. The van der Waals surface area contributed by atoms with Crippen LogP contribution in [0.2, 0.25) is 5.15 Å². The van der Waals surface area contributed by atoms with Gasteiger partial charge in [-0.2, -0.15) is 0 Å². The van der Waals surface area contributed by atoms with Crippen LogP contribution in [0, 0.1) is 0 Å². The Balaban J connectivity index is 2.15. The summed E-state index contributed by atoms with van der Waals surface area (Å²) in [6.07, 6.45) is 0.957. The topological polar surface area (TPSA) is 35.0 Å². The Bertz CT molecular complexity index is 626. The van der Waals surface area contributed by atoms with Crippen LogP contribution in [-0.2, 0) is 6.42 Å². The van der Waals surface area contributed by atoms with Gasteiger partial charge in [0.2, 0.25) is 0 Å². The van der Waals surface area contributed by atoms with Gasteiger partial charge in [0, 0.05) is 24.0 Å². The van der Waals surface area contributed by atoms with Crippen molar-refractivity contribution in [3.63, 3.8) is 0 Å². The van der Waals surface area contributed by atoms with Crippen molar-refractivity contribution in [2.45, 2.75) is 26.2 Å². The normalized spacial score (nSPS) is 13.5. The first kappa shape index (κ1) is 12.4. The van der Waals surface area contributed by atoms with Crippen LogP contribution in [0.1, 0.15) is 31.2 Å². The minimum absolute atomic E-state index is 0.245. The third-order valence-electron chi connectivity index (χ3n) is 3.22. The zero-order valence-corrected chi connectivity index (χ0v) is 11.7. The molecule has 0 saturated heterocycles. The summed E-state index contributed by atoms with van der Waals surface area (Å²) in [5.41, 5.74) is 3.07. The molecular formula is C15H15ClN2O. The lowest BCUT2D eigenvalue weighted by atomic mass is 10.1. The highest BCUT2D eigenvalue weighted by Crippen LogP contribution is 2.36. The molecule has 0 aliphatic carbocycles. The van der Waals surface area contributed by atoms with E-state index in [0.29, 0.717) is 5.15 Å². The summed E-state index contributed by atoms with van der Waals surface area (Å²) in [4.78, 5) is 8.87. The molecule has 0 atom stereocenters. The molecule has 98 valence electrons. The van der Waals surface area contributed by atoms with E-state index in [4.69, 9.17) is 16.3 Å². The van der Waals surface area contributed by atoms with Crippen molar-refractivity contribution in [3.05, 3.63) is 40.8 Å². The van der Waals surface area contributed by atoms with Crippen molar-refractivity contribution >= 4 is 11.6 Å². The lowest BCUT2D eigenvalue weighted by Gasteiger charge is -2.10. The first-order valence-corrected chi connectivity index (χ1v) is 6.82. The Morgan fingerprint density at radius 2 is 2.11 bits per heavy atom. The van der Waals surface area contributed by atoms with Gasteiger partial charge >= 0.3 is 0 Å². The molecule has 1 aliphatic rings. The average molecular weight is 275 g/mol. The summed E-state index contributed by atoms with van der Waals surface area (Å²) in [5.74, 6) is 1.94. The fourth-order valence-corrected chi connectivity index (χ4v) is 2.44. The van der Waals surface area contributed by atoms with Gasteiger partial charge in [-0.25, -0.2) is 9.97 Å². The molecule has 1 aromatic carbocycles. The van der Waals surface area contributed by atoms with Gasteiger partial charge in [-0.1, -0.05) is 37.6 Å². The second kappa shape index (κ2) is 4.82. The van der Waals surface area contributed by atoms with Crippen LogP contribution in [-0.4, -0.2) is 16.6 Å². The summed E-state index contributed by atoms with van der Waals surface area (Å²) in [6.45, 7) is 4.85. The van der Waals surface area contributed by atoms with Crippen molar-refractivity contribution in [1.29, 1.82) is 0 Å². The third-order valence-corrected chi connectivity index (χ3v) is 3.41. The number of halogens is 1. The molecule has 0 radical (unpaired) electrons. The van der Waals surface area contributed by atoms with Crippen molar-refractivity contribution in [3.8, 4) is 17.0 Å². The summed E-state index contributed by atoms with van der Waals surface area (Å²) in [5, 5.41) is 0.476. The average Bonchev–Trinajstić information content (AvgIpc) is 2.85. The van der Waals surface area contributed by atoms with Crippen LogP contribution in [0.3, 0.4) is 0 Å². The number of hydrogen-bond acceptors (Lipinski definition) is 3. The number of para-hydroxylation sites is 1. The van der Waals surface area contributed by atoms with E-state index in [2.05, 4.69) is 29.9 Å². The molecule has 0 saturated carbocycles. The standard InChI is InChI=1S/C15H15ClN2O/c1-9(2)15-17-12(8-13(16)18-15)11-5-3-4-10-6-7-19-14(10)11/h3-5,8-9H,6-7H2,1-2H3. The molecule has 0 amide bonds. The van der Waals surface area contributed by atoms with E-state index < -0.39 is 0 Å². The van der Waals surface area contributed by atoms with Crippen LogP contribution in [0.4, 0.5) is 0 Å². The van der Waals surface area contributed by atoms with E-state index in [-0.39, 0.29) is 5.92 Å². The summed E-state index contributed by atoms with van der Waals surface area (Å²) in [7, 11) is 0. The lowest BCUT2D eigenvalue weighted by Crippen LogP contribution is -2.00. The Labute approximate surface area is 117 Å². The number of nitrogens with zero attached hydrogens (tertiary/aromatic N) is 2. The highest BCUT2D eigenvalue weighted by molar-refractivity contribution is 6.29. The number of ether oxygens (including phenoxy) is 1. The fourth-order valence-electron chi connectivity index (χ4n) is 2.25. The molecule has 0 N–H and O–H groups in total. The maximum Gasteiger partial charge on any atom is 0.133 e. The third kappa shape index (κ3) is 2.30. The SMILES string of the molecule is CC(C)c1nc(Cl)cc(-c2cccc3c2OCC3)n1. The molecule has 0 spiro atoms. The molecule has 0 fully saturated rings. The van der Waals surface area contributed by atoms with Gasteiger partial charge < -0.3 is 4.74 Å². The van der Waals surface area contributed by atoms with Gasteiger partial charge in [-0.3, -0.25) is 0 Å². The van der Waals surface area contributed by atoms with Gasteiger partial charge in [-0.15, -0.1) is 0 Å². The number of benzene rings is 1. The van der Waals surface area contributed by atoms with Crippen LogP contribution < -0.4 is 4.74 Å². The van der Waals surface area contributed by atoms with E-state index in [0.717, 1.165) is 35.9 Å². The quantitative estimate of drug-likeness (QED) is 0.780. The Kier molecular flexibility index (Phi) is 3.15. The van der Waals surface area contributed by atoms with E-state index in [1.165, 1.54) is 5.56 Å². The fraction of sp³-hybridized carbons (Fsp3) is 0.333. The molecule has 4 heteroatoms. The first-order chi connectivity index (χ1) is 9.15. The van der Waals surface area contributed by atoms with Crippen molar-refractivity contribution in [2.75, 3.05) is 6.61 Å². The lowest BCUT2D eigenvalue weighted by molar-refractivity contribution is 0.358. The summed E-state index contributed by atoms with van der Waals surface area (Å²) in [6, 6.07) is 7.95. The minimum Gasteiger partial charge on any atom is -0.492 e. The smallest absolute Gasteiger partial charge is 0.133 e. The maximum atomic E-state index is 6.10. The minimum atomic E-state index is 0.245. The second-order valence-electron chi connectivity index (χ2n) is 4.98. The zero-order chi connectivity index (χ0) is 13.4. The highest BCUT2D eigenvalue weighted by atomic mass is 35.5. The van der Waals surface area contributed by atoms with E-state index in [1.54, 1.807) is 6.07 Å². The summed E-state index contributed by atoms with van der Waals surface area (Å²) < 4.78 is 5.72. The van der Waals surface area contributed by atoms with Gasteiger partial charge in [0.1, 0.15) is 16.7 Å². The van der Waals surface area contributed by atoms with Crippen LogP contribution >= 0.6 is 11.6 Å². The van der Waals surface area contributed by atoms with Crippen molar-refractivity contribution in [2.24, 2.45) is 0 Å². The van der Waals surface area contributed by atoms with Gasteiger partial charge in [0.25, 0.3) is 0 Å². The predicted molar refractivity (Wildman–Crippen MR) is 75.8 cm³/mol. The van der Waals surface area contributed by atoms with E-state index in [1.807, 2.05) is 12.1 Å². The Morgan fingerprint density at radius 3 is 2.89 bits per heavy atom. The van der Waals surface area contributed by atoms with Crippen LogP contribution in [0.5, 0.6) is 5.75 Å². The molecule has 2 heterocycles. The molecule has 3 nitrogen and oxygen atoms in total. The van der Waals surface area contributed by atoms with Gasteiger partial charge in [0.15, 0.2) is 0 Å². The van der Waals surface area contributed by atoms with Crippen LogP contribution in [0.25, 0.3) is 11.3 Å². The van der Waals surface area contributed by atoms with Crippen molar-refractivity contribution < 1.29 is 4.74 Å². The summed E-state index contributed by atoms with van der Waals surface area (Å²) >= 11 is 6.10. The molecule has 1 aliphatic heterocycles. The second-order valence-corrected chi connectivity index (χ2v) is 5.37. The molecule has 1 aromatic heterocycles. The Hall–Kier alpha value is -1.61.